The maximum absolute atomic E-state index is 3.48. The van der Waals surface area contributed by atoms with Crippen LogP contribution in [0.4, 0.5) is 0 Å². The van der Waals surface area contributed by atoms with Gasteiger partial charge in [0.2, 0.25) is 0 Å². The summed E-state index contributed by atoms with van der Waals surface area (Å²) in [4.78, 5) is 5.20. The quantitative estimate of drug-likeness (QED) is 0.832. The normalized spacial score (nSPS) is 18.0. The van der Waals surface area contributed by atoms with E-state index in [2.05, 4.69) is 66.2 Å². The topological polar surface area (TPSA) is 18.5 Å². The van der Waals surface area contributed by atoms with Gasteiger partial charge in [-0.1, -0.05) is 51.1 Å². The van der Waals surface area contributed by atoms with Gasteiger partial charge in [0.15, 0.2) is 0 Å². The number of rotatable bonds is 7. The summed E-state index contributed by atoms with van der Waals surface area (Å²) in [6, 6.07) is 10.8. The van der Waals surface area contributed by atoms with Crippen LogP contribution in [0.5, 0.6) is 0 Å². The number of nitrogens with zero attached hydrogens (tertiary/aromatic N) is 2. The summed E-state index contributed by atoms with van der Waals surface area (Å²) in [7, 11) is 0. The molecule has 0 amide bonds. The first kappa shape index (κ1) is 16.5. The molecule has 1 fully saturated rings. The van der Waals surface area contributed by atoms with Crippen molar-refractivity contribution in [2.24, 2.45) is 5.41 Å². The first-order chi connectivity index (χ1) is 10.1. The molecule has 1 aromatic carbocycles. The van der Waals surface area contributed by atoms with Gasteiger partial charge < -0.3 is 10.2 Å². The zero-order valence-corrected chi connectivity index (χ0v) is 13.9. The second kappa shape index (κ2) is 7.92. The molecule has 0 saturated carbocycles. The molecule has 1 N–H and O–H groups in total. The summed E-state index contributed by atoms with van der Waals surface area (Å²) >= 11 is 0. The van der Waals surface area contributed by atoms with Gasteiger partial charge in [0.05, 0.1) is 0 Å². The van der Waals surface area contributed by atoms with E-state index in [1.807, 2.05) is 0 Å². The molecule has 118 valence electrons. The molecule has 0 atom stereocenters. The van der Waals surface area contributed by atoms with Crippen molar-refractivity contribution >= 4 is 0 Å². The Morgan fingerprint density at radius 1 is 1.00 bits per heavy atom. The lowest BCUT2D eigenvalue weighted by Crippen LogP contribution is -2.50. The van der Waals surface area contributed by atoms with Crippen LogP contribution in [0.2, 0.25) is 0 Å². The van der Waals surface area contributed by atoms with E-state index in [1.165, 1.54) is 38.3 Å². The molecule has 0 bridgehead atoms. The average Bonchev–Trinajstić information content (AvgIpc) is 2.48. The Morgan fingerprint density at radius 3 is 2.24 bits per heavy atom. The highest BCUT2D eigenvalue weighted by Gasteiger charge is 2.24. The molecule has 0 spiro atoms. The lowest BCUT2D eigenvalue weighted by Gasteiger charge is -2.39. The predicted octanol–water partition coefficient (Wildman–Crippen LogP) is 2.44. The van der Waals surface area contributed by atoms with Crippen molar-refractivity contribution in [2.45, 2.75) is 27.3 Å². The minimum Gasteiger partial charge on any atom is -0.316 e. The highest BCUT2D eigenvalue weighted by Crippen LogP contribution is 2.17. The Morgan fingerprint density at radius 2 is 1.62 bits per heavy atom. The van der Waals surface area contributed by atoms with E-state index in [0.29, 0.717) is 5.41 Å². The second-order valence-corrected chi connectivity index (χ2v) is 6.98. The van der Waals surface area contributed by atoms with E-state index in [9.17, 15) is 0 Å². The van der Waals surface area contributed by atoms with Crippen LogP contribution in [0, 0.1) is 5.41 Å². The number of hydrogen-bond donors (Lipinski definition) is 1. The Bertz CT molecular complexity index is 394. The van der Waals surface area contributed by atoms with Crippen molar-refractivity contribution < 1.29 is 0 Å². The smallest absolute Gasteiger partial charge is 0.0234 e. The monoisotopic (exact) mass is 289 g/mol. The molecular weight excluding hydrogens is 258 g/mol. The number of nitrogens with one attached hydrogen (secondary N) is 1. The number of hydrogen-bond acceptors (Lipinski definition) is 3. The first-order valence-corrected chi connectivity index (χ1v) is 8.28. The molecule has 0 aliphatic carbocycles. The van der Waals surface area contributed by atoms with Gasteiger partial charge in [-0.05, 0) is 17.5 Å². The minimum atomic E-state index is 0.359. The SMILES string of the molecule is CCNCC(C)(C)CN1CCN(Cc2ccccc2)CC1. The van der Waals surface area contributed by atoms with Crippen molar-refractivity contribution in [3.63, 3.8) is 0 Å². The molecule has 1 aromatic rings. The van der Waals surface area contributed by atoms with Crippen LogP contribution >= 0.6 is 0 Å². The Kier molecular flexibility index (Phi) is 6.22. The molecule has 1 aliphatic heterocycles. The lowest BCUT2D eigenvalue weighted by molar-refractivity contribution is 0.0928. The Hall–Kier alpha value is -0.900. The lowest BCUT2D eigenvalue weighted by atomic mass is 9.92. The second-order valence-electron chi connectivity index (χ2n) is 6.98. The van der Waals surface area contributed by atoms with E-state index >= 15 is 0 Å². The van der Waals surface area contributed by atoms with Crippen LogP contribution in [-0.2, 0) is 6.54 Å². The van der Waals surface area contributed by atoms with Crippen LogP contribution in [-0.4, -0.2) is 55.6 Å². The average molecular weight is 289 g/mol. The Balaban J connectivity index is 1.73. The molecule has 21 heavy (non-hydrogen) atoms. The molecule has 3 nitrogen and oxygen atoms in total. The van der Waals surface area contributed by atoms with Crippen molar-refractivity contribution in [3.05, 3.63) is 35.9 Å². The summed E-state index contributed by atoms with van der Waals surface area (Å²) in [6.45, 7) is 16.1. The van der Waals surface area contributed by atoms with Gasteiger partial charge in [-0.2, -0.15) is 0 Å². The maximum Gasteiger partial charge on any atom is 0.0234 e. The number of piperazine rings is 1. The summed E-state index contributed by atoms with van der Waals surface area (Å²) in [5.41, 5.74) is 1.79. The molecule has 1 saturated heterocycles. The van der Waals surface area contributed by atoms with Gasteiger partial charge in [-0.3, -0.25) is 4.90 Å². The molecule has 0 radical (unpaired) electrons. The molecule has 0 aromatic heterocycles. The van der Waals surface area contributed by atoms with Crippen molar-refractivity contribution in [2.75, 3.05) is 45.8 Å². The third-order valence-electron chi connectivity index (χ3n) is 4.22. The van der Waals surface area contributed by atoms with Gasteiger partial charge in [-0.15, -0.1) is 0 Å². The van der Waals surface area contributed by atoms with E-state index in [1.54, 1.807) is 0 Å². The van der Waals surface area contributed by atoms with E-state index in [0.717, 1.165) is 19.6 Å². The van der Waals surface area contributed by atoms with Crippen molar-refractivity contribution in [3.8, 4) is 0 Å². The molecule has 2 rings (SSSR count). The largest absolute Gasteiger partial charge is 0.316 e. The highest BCUT2D eigenvalue weighted by atomic mass is 15.3. The summed E-state index contributed by atoms with van der Waals surface area (Å²) in [6.07, 6.45) is 0. The van der Waals surface area contributed by atoms with Gasteiger partial charge >= 0.3 is 0 Å². The van der Waals surface area contributed by atoms with E-state index < -0.39 is 0 Å². The third-order valence-corrected chi connectivity index (χ3v) is 4.22. The summed E-state index contributed by atoms with van der Waals surface area (Å²) in [5, 5.41) is 3.48. The van der Waals surface area contributed by atoms with Crippen LogP contribution in [0.25, 0.3) is 0 Å². The molecular formula is C18H31N3. The standard InChI is InChI=1S/C18H31N3/c1-4-19-15-18(2,3)16-21-12-10-20(11-13-21)14-17-8-6-5-7-9-17/h5-9,19H,4,10-16H2,1-3H3. The number of benzene rings is 1. The van der Waals surface area contributed by atoms with Crippen LogP contribution in [0.1, 0.15) is 26.3 Å². The third kappa shape index (κ3) is 5.77. The van der Waals surface area contributed by atoms with Crippen molar-refractivity contribution in [1.82, 2.24) is 15.1 Å². The molecule has 0 unspecified atom stereocenters. The molecule has 3 heteroatoms. The fourth-order valence-corrected chi connectivity index (χ4v) is 3.07. The van der Waals surface area contributed by atoms with Gasteiger partial charge in [0, 0.05) is 45.8 Å². The summed E-state index contributed by atoms with van der Waals surface area (Å²) < 4.78 is 0. The zero-order valence-electron chi connectivity index (χ0n) is 13.9. The molecule has 1 heterocycles. The minimum absolute atomic E-state index is 0.359. The maximum atomic E-state index is 3.48. The van der Waals surface area contributed by atoms with Gasteiger partial charge in [0.25, 0.3) is 0 Å². The fourth-order valence-electron chi connectivity index (χ4n) is 3.07. The highest BCUT2D eigenvalue weighted by molar-refractivity contribution is 5.14. The molecule has 1 aliphatic rings. The van der Waals surface area contributed by atoms with Crippen LogP contribution in [0.15, 0.2) is 30.3 Å². The summed E-state index contributed by atoms with van der Waals surface area (Å²) in [5.74, 6) is 0. The predicted molar refractivity (Wildman–Crippen MR) is 90.5 cm³/mol. The van der Waals surface area contributed by atoms with Crippen LogP contribution < -0.4 is 5.32 Å². The van der Waals surface area contributed by atoms with Crippen molar-refractivity contribution in [1.29, 1.82) is 0 Å². The fraction of sp³-hybridized carbons (Fsp3) is 0.667. The van der Waals surface area contributed by atoms with E-state index in [-0.39, 0.29) is 0 Å². The zero-order chi connectivity index (χ0) is 15.1. The van der Waals surface area contributed by atoms with E-state index in [4.69, 9.17) is 0 Å². The Labute approximate surface area is 130 Å². The van der Waals surface area contributed by atoms with Crippen LogP contribution in [0.3, 0.4) is 0 Å². The first-order valence-electron chi connectivity index (χ1n) is 8.28. The van der Waals surface area contributed by atoms with Gasteiger partial charge in [-0.25, -0.2) is 0 Å². The van der Waals surface area contributed by atoms with Gasteiger partial charge in [0.1, 0.15) is 0 Å².